The molecule has 0 aliphatic heterocycles. The summed E-state index contributed by atoms with van der Waals surface area (Å²) in [7, 11) is 1.66. The van der Waals surface area contributed by atoms with E-state index in [9.17, 15) is 4.79 Å². The van der Waals surface area contributed by atoms with Gasteiger partial charge in [0.2, 0.25) is 0 Å². The lowest BCUT2D eigenvalue weighted by Crippen LogP contribution is -1.97. The number of hydrogen-bond donors (Lipinski definition) is 1. The second-order valence-corrected chi connectivity index (χ2v) is 4.80. The smallest absolute Gasteiger partial charge is 0.303 e. The number of rotatable bonds is 6. The maximum atomic E-state index is 10.4. The highest BCUT2D eigenvalue weighted by Gasteiger charge is 2.04. The summed E-state index contributed by atoms with van der Waals surface area (Å²) in [5.41, 5.74) is 1.15. The molecule has 0 radical (unpaired) electrons. The molecule has 1 aromatic rings. The predicted molar refractivity (Wildman–Crippen MR) is 70.9 cm³/mol. The van der Waals surface area contributed by atoms with Gasteiger partial charge in [0, 0.05) is 9.99 Å². The van der Waals surface area contributed by atoms with Crippen molar-refractivity contribution in [1.29, 1.82) is 0 Å². The number of unbranched alkanes of at least 4 members (excludes halogenated alkanes) is 1. The van der Waals surface area contributed by atoms with Gasteiger partial charge < -0.3 is 9.84 Å². The number of hydrogen-bond acceptors (Lipinski definition) is 2. The van der Waals surface area contributed by atoms with Crippen molar-refractivity contribution in [2.45, 2.75) is 25.7 Å². The first-order valence-electron chi connectivity index (χ1n) is 5.17. The number of benzene rings is 1. The third-order valence-corrected chi connectivity index (χ3v) is 3.00. The van der Waals surface area contributed by atoms with E-state index in [4.69, 9.17) is 9.84 Å². The second kappa shape index (κ2) is 6.73. The first-order chi connectivity index (χ1) is 7.63. The highest BCUT2D eigenvalue weighted by atomic mass is 127. The van der Waals surface area contributed by atoms with Crippen LogP contribution in [0, 0.1) is 3.57 Å². The molecule has 0 amide bonds. The van der Waals surface area contributed by atoms with Crippen LogP contribution in [-0.2, 0) is 11.2 Å². The molecular formula is C12H15IO3. The van der Waals surface area contributed by atoms with Gasteiger partial charge in [-0.1, -0.05) is 0 Å². The van der Waals surface area contributed by atoms with Crippen LogP contribution in [0.2, 0.25) is 0 Å². The van der Waals surface area contributed by atoms with E-state index in [1.165, 1.54) is 3.57 Å². The standard InChI is InChI=1S/C12H15IO3/c1-16-11-7-6-10(13)8-9(11)4-2-3-5-12(14)15/h6-8H,2-5H2,1H3,(H,14,15). The third-order valence-electron chi connectivity index (χ3n) is 2.33. The average Bonchev–Trinajstić information content (AvgIpc) is 2.24. The van der Waals surface area contributed by atoms with Crippen molar-refractivity contribution < 1.29 is 14.6 Å². The SMILES string of the molecule is COc1ccc(I)cc1CCCCC(=O)O. The van der Waals surface area contributed by atoms with E-state index in [-0.39, 0.29) is 6.42 Å². The number of aliphatic carboxylic acids is 1. The maximum absolute atomic E-state index is 10.4. The van der Waals surface area contributed by atoms with Crippen LogP contribution in [0.1, 0.15) is 24.8 Å². The van der Waals surface area contributed by atoms with Crippen molar-refractivity contribution in [3.05, 3.63) is 27.3 Å². The lowest BCUT2D eigenvalue weighted by atomic mass is 10.1. The Morgan fingerprint density at radius 2 is 2.19 bits per heavy atom. The Balaban J connectivity index is 2.51. The molecular weight excluding hydrogens is 319 g/mol. The number of carboxylic acids is 1. The van der Waals surface area contributed by atoms with Crippen LogP contribution in [0.25, 0.3) is 0 Å². The Morgan fingerprint density at radius 1 is 1.44 bits per heavy atom. The molecule has 0 saturated carbocycles. The van der Waals surface area contributed by atoms with E-state index < -0.39 is 5.97 Å². The first-order valence-corrected chi connectivity index (χ1v) is 6.25. The van der Waals surface area contributed by atoms with Crippen LogP contribution in [0.5, 0.6) is 5.75 Å². The third kappa shape index (κ3) is 4.38. The summed E-state index contributed by atoms with van der Waals surface area (Å²) in [6.07, 6.45) is 2.70. The van der Waals surface area contributed by atoms with E-state index in [1.54, 1.807) is 7.11 Å². The van der Waals surface area contributed by atoms with Gasteiger partial charge in [-0.2, -0.15) is 0 Å². The first kappa shape index (κ1) is 13.3. The number of aryl methyl sites for hydroxylation is 1. The van der Waals surface area contributed by atoms with Crippen molar-refractivity contribution in [3.8, 4) is 5.75 Å². The molecule has 0 saturated heterocycles. The van der Waals surface area contributed by atoms with Gasteiger partial charge in [-0.15, -0.1) is 0 Å². The van der Waals surface area contributed by atoms with E-state index in [0.29, 0.717) is 6.42 Å². The minimum Gasteiger partial charge on any atom is -0.496 e. The summed E-state index contributed by atoms with van der Waals surface area (Å²) in [5, 5.41) is 8.53. The highest BCUT2D eigenvalue weighted by Crippen LogP contribution is 2.22. The Hall–Kier alpha value is -0.780. The van der Waals surface area contributed by atoms with Crippen LogP contribution < -0.4 is 4.74 Å². The van der Waals surface area contributed by atoms with Crippen LogP contribution in [-0.4, -0.2) is 18.2 Å². The zero-order chi connectivity index (χ0) is 12.0. The molecule has 0 atom stereocenters. The van der Waals surface area contributed by atoms with Crippen molar-refractivity contribution in [2.24, 2.45) is 0 Å². The Labute approximate surface area is 109 Å². The van der Waals surface area contributed by atoms with Gasteiger partial charge in [0.25, 0.3) is 0 Å². The van der Waals surface area contributed by atoms with E-state index >= 15 is 0 Å². The number of carbonyl (C=O) groups is 1. The predicted octanol–water partition coefficient (Wildman–Crippen LogP) is 3.10. The highest BCUT2D eigenvalue weighted by molar-refractivity contribution is 14.1. The zero-order valence-corrected chi connectivity index (χ0v) is 11.4. The zero-order valence-electron chi connectivity index (χ0n) is 9.20. The summed E-state index contributed by atoms with van der Waals surface area (Å²) in [6.45, 7) is 0. The molecule has 0 spiro atoms. The van der Waals surface area contributed by atoms with Gasteiger partial charge in [-0.25, -0.2) is 0 Å². The summed E-state index contributed by atoms with van der Waals surface area (Å²) < 4.78 is 6.43. The molecule has 0 aliphatic carbocycles. The molecule has 0 unspecified atom stereocenters. The molecule has 1 aromatic carbocycles. The Kier molecular flexibility index (Phi) is 5.59. The molecule has 0 bridgehead atoms. The topological polar surface area (TPSA) is 46.5 Å². The molecule has 88 valence electrons. The second-order valence-electron chi connectivity index (χ2n) is 3.56. The van der Waals surface area contributed by atoms with Crippen molar-refractivity contribution >= 4 is 28.6 Å². The Bertz CT molecular complexity index is 363. The average molecular weight is 334 g/mol. The quantitative estimate of drug-likeness (QED) is 0.642. The minimum atomic E-state index is -0.727. The van der Waals surface area contributed by atoms with Crippen molar-refractivity contribution in [1.82, 2.24) is 0 Å². The molecule has 1 N–H and O–H groups in total. The number of methoxy groups -OCH3 is 1. The fourth-order valence-corrected chi connectivity index (χ4v) is 2.09. The van der Waals surface area contributed by atoms with Gasteiger partial charge >= 0.3 is 5.97 Å². The van der Waals surface area contributed by atoms with Crippen LogP contribution in [0.3, 0.4) is 0 Å². The molecule has 3 nitrogen and oxygen atoms in total. The summed E-state index contributed by atoms with van der Waals surface area (Å²) in [5.74, 6) is 0.158. The lowest BCUT2D eigenvalue weighted by Gasteiger charge is -2.08. The van der Waals surface area contributed by atoms with E-state index in [1.807, 2.05) is 12.1 Å². The van der Waals surface area contributed by atoms with Crippen molar-refractivity contribution in [3.63, 3.8) is 0 Å². The number of ether oxygens (including phenoxy) is 1. The normalized spacial score (nSPS) is 10.1. The summed E-state index contributed by atoms with van der Waals surface area (Å²) >= 11 is 2.26. The van der Waals surface area contributed by atoms with Crippen LogP contribution in [0.15, 0.2) is 18.2 Å². The summed E-state index contributed by atoms with van der Waals surface area (Å²) in [6, 6.07) is 6.04. The van der Waals surface area contributed by atoms with E-state index in [0.717, 1.165) is 24.2 Å². The molecule has 0 aliphatic rings. The van der Waals surface area contributed by atoms with Crippen molar-refractivity contribution in [2.75, 3.05) is 7.11 Å². The molecule has 0 aromatic heterocycles. The monoisotopic (exact) mass is 334 g/mol. The molecule has 0 heterocycles. The van der Waals surface area contributed by atoms with Gasteiger partial charge in [0.05, 0.1) is 7.11 Å². The number of halogens is 1. The fraction of sp³-hybridized carbons (Fsp3) is 0.417. The lowest BCUT2D eigenvalue weighted by molar-refractivity contribution is -0.137. The van der Waals surface area contributed by atoms with Crippen LogP contribution in [0.4, 0.5) is 0 Å². The molecule has 16 heavy (non-hydrogen) atoms. The molecule has 1 rings (SSSR count). The van der Waals surface area contributed by atoms with Gasteiger partial charge in [-0.05, 0) is 65.6 Å². The maximum Gasteiger partial charge on any atom is 0.303 e. The number of carboxylic acid groups (broad SMARTS) is 1. The largest absolute Gasteiger partial charge is 0.496 e. The molecule has 0 fully saturated rings. The molecule has 4 heteroatoms. The van der Waals surface area contributed by atoms with Gasteiger partial charge in [0.1, 0.15) is 5.75 Å². The Morgan fingerprint density at radius 3 is 2.81 bits per heavy atom. The summed E-state index contributed by atoms with van der Waals surface area (Å²) in [4.78, 5) is 10.4. The minimum absolute atomic E-state index is 0.242. The fourth-order valence-electron chi connectivity index (χ4n) is 1.53. The van der Waals surface area contributed by atoms with E-state index in [2.05, 4.69) is 28.7 Å². The van der Waals surface area contributed by atoms with Gasteiger partial charge in [-0.3, -0.25) is 4.79 Å². The van der Waals surface area contributed by atoms with Crippen LogP contribution >= 0.6 is 22.6 Å². The van der Waals surface area contributed by atoms with Gasteiger partial charge in [0.15, 0.2) is 0 Å².